The van der Waals surface area contributed by atoms with Gasteiger partial charge >= 0.3 is 25.1 Å². The minimum atomic E-state index is -5.44. The first-order valence-corrected chi connectivity index (χ1v) is 20.6. The quantitative estimate of drug-likeness (QED) is 0.0701. The van der Waals surface area contributed by atoms with E-state index in [4.69, 9.17) is 33.9 Å². The maximum atomic E-state index is 15.2. The zero-order valence-electron chi connectivity index (χ0n) is 45.1. The van der Waals surface area contributed by atoms with Crippen LogP contribution in [0.15, 0.2) is 73.1 Å². The number of carbonyl (C=O) groups is 4. The van der Waals surface area contributed by atoms with Gasteiger partial charge in [0, 0.05) is 23.8 Å². The SMILES string of the molecule is [2H]C([2H])([2H])Oc1c(Oc2ccc(C(F)(F)F)c(F)c2C(=O)Nc2cc(C(N)=O)ncc2C)ccc(OC(F)(F)F)c1F.[2H]C([2H])([2H])Oc1c(Oc2ccc(C(F)(F)F)c(OC)c2C(=O)Nc2cc(C(N)=O)ncc2C)ccc(OC(F)(F)F)c1F. The van der Waals surface area contributed by atoms with Crippen LogP contribution in [0.3, 0.4) is 0 Å². The molecular weight excluding hydrogens is 1110 g/mol. The number of aryl methyl sites for hydroxylation is 2. The van der Waals surface area contributed by atoms with E-state index in [1.807, 2.05) is 0 Å². The van der Waals surface area contributed by atoms with Crippen molar-refractivity contribution in [2.24, 2.45) is 11.5 Å². The van der Waals surface area contributed by atoms with Crippen LogP contribution in [0.2, 0.25) is 0 Å². The van der Waals surface area contributed by atoms with Gasteiger partial charge in [-0.3, -0.25) is 29.1 Å². The standard InChI is InChI=1S/C24H18F7N3O6.C23H15F8N3O5/c1-10-9-33-13(21(32)35)8-12(10)34-22(36)17-14(5-4-11(19(17)37-2)23(26,27)28)39-16-7-6-15(40-24(29,30)31)18(25)20(16)38-3;1-9-8-33-12(20(32)35)7-11(9)34-21(36)16-13(4-3-10(17(16)24)22(26,27)28)38-15-6-5-14(39-23(29,30)31)18(25)19(15)37-2/h4-9H,1-3H3,(H2,32,35)(H,33,34,36);3-8H,1-2H3,(H2,32,35)(H,33,34,36)/i3D3;2D3. The lowest BCUT2D eigenvalue weighted by molar-refractivity contribution is -0.276. The summed E-state index contributed by atoms with van der Waals surface area (Å²) < 4.78 is 277. The zero-order chi connectivity index (χ0) is 64.3. The number of aromatic nitrogens is 2. The van der Waals surface area contributed by atoms with Crippen LogP contribution in [0.1, 0.15) is 72.2 Å². The van der Waals surface area contributed by atoms with Gasteiger partial charge in [0.25, 0.3) is 23.6 Å². The third-order valence-corrected chi connectivity index (χ3v) is 9.85. The van der Waals surface area contributed by atoms with Crippen LogP contribution in [0.5, 0.6) is 51.7 Å². The number of pyridine rings is 2. The Morgan fingerprint density at radius 1 is 0.506 bits per heavy atom. The first-order valence-electron chi connectivity index (χ1n) is 23.6. The number of ether oxygens (including phenoxy) is 7. The molecule has 0 aliphatic carbocycles. The first kappa shape index (κ1) is 51.7. The summed E-state index contributed by atoms with van der Waals surface area (Å²) in [7, 11) is -6.20. The first-order chi connectivity index (χ1) is 38.9. The summed E-state index contributed by atoms with van der Waals surface area (Å²) in [5, 5.41) is 4.30. The van der Waals surface area contributed by atoms with Crippen LogP contribution < -0.4 is 55.3 Å². The fraction of sp³-hybridized carbons (Fsp3) is 0.191. The van der Waals surface area contributed by atoms with E-state index >= 15 is 4.39 Å². The maximum absolute atomic E-state index is 15.2. The fourth-order valence-electron chi connectivity index (χ4n) is 6.37. The Kier molecular flexibility index (Phi) is 15.4. The molecule has 0 fully saturated rings. The molecule has 0 radical (unpaired) electrons. The summed E-state index contributed by atoms with van der Waals surface area (Å²) in [6.45, 7) is 2.76. The molecule has 0 saturated carbocycles. The van der Waals surface area contributed by atoms with Crippen LogP contribution in [0, 0.1) is 31.3 Å². The highest BCUT2D eigenvalue weighted by molar-refractivity contribution is 6.10. The van der Waals surface area contributed by atoms with Gasteiger partial charge in [-0.25, -0.2) is 4.39 Å². The van der Waals surface area contributed by atoms with E-state index in [1.165, 1.54) is 13.8 Å². The normalized spacial score (nSPS) is 13.0. The van der Waals surface area contributed by atoms with Crippen molar-refractivity contribution in [2.45, 2.75) is 38.9 Å². The summed E-state index contributed by atoms with van der Waals surface area (Å²) in [6, 6.07) is 5.19. The second-order valence-corrected chi connectivity index (χ2v) is 15.1. The molecule has 0 spiro atoms. The van der Waals surface area contributed by atoms with Crippen LogP contribution in [-0.4, -0.2) is 67.5 Å². The van der Waals surface area contributed by atoms with Crippen molar-refractivity contribution in [3.05, 3.63) is 135 Å². The van der Waals surface area contributed by atoms with E-state index < -0.39 is 154 Å². The van der Waals surface area contributed by atoms with Gasteiger partial charge in [0.05, 0.1) is 40.5 Å². The van der Waals surface area contributed by atoms with E-state index in [0.717, 1.165) is 31.6 Å². The van der Waals surface area contributed by atoms with Crippen molar-refractivity contribution in [1.82, 2.24) is 9.97 Å². The molecule has 6 N–H and O–H groups in total. The van der Waals surface area contributed by atoms with Crippen LogP contribution in [-0.2, 0) is 12.4 Å². The number of hydrogen-bond acceptors (Lipinski definition) is 13. The van der Waals surface area contributed by atoms with Crippen molar-refractivity contribution in [2.75, 3.05) is 31.8 Å². The van der Waals surface area contributed by atoms with Gasteiger partial charge in [0.2, 0.25) is 23.1 Å². The van der Waals surface area contributed by atoms with E-state index in [0.29, 0.717) is 42.5 Å². The Labute approximate surface area is 440 Å². The highest BCUT2D eigenvalue weighted by atomic mass is 19.4. The van der Waals surface area contributed by atoms with Gasteiger partial charge < -0.3 is 55.3 Å². The molecule has 0 saturated heterocycles. The molecule has 6 aromatic rings. The number of carbonyl (C=O) groups excluding carboxylic acids is 4. The average molecular weight is 1150 g/mol. The van der Waals surface area contributed by atoms with Gasteiger partial charge in [-0.2, -0.15) is 35.1 Å². The minimum Gasteiger partial charge on any atom is -0.495 e. The molecule has 0 unspecified atom stereocenters. The molecule has 0 aliphatic rings. The number of hydrogen-bond donors (Lipinski definition) is 4. The highest BCUT2D eigenvalue weighted by Crippen LogP contribution is 2.47. The van der Waals surface area contributed by atoms with Crippen LogP contribution in [0.25, 0.3) is 0 Å². The number of nitrogens with one attached hydrogen (secondary N) is 2. The van der Waals surface area contributed by atoms with Gasteiger partial charge in [-0.15, -0.1) is 26.3 Å². The zero-order valence-corrected chi connectivity index (χ0v) is 39.1. The lowest BCUT2D eigenvalue weighted by atomic mass is 10.1. The third kappa shape index (κ3) is 14.6. The third-order valence-electron chi connectivity index (χ3n) is 9.85. The monoisotopic (exact) mass is 1150 g/mol. The lowest BCUT2D eigenvalue weighted by Gasteiger charge is -2.20. The number of alkyl halides is 12. The Bertz CT molecular complexity index is 3570. The van der Waals surface area contributed by atoms with Gasteiger partial charge in [0.15, 0.2) is 28.8 Å². The number of methoxy groups -OCH3 is 3. The van der Waals surface area contributed by atoms with Crippen LogP contribution in [0.4, 0.5) is 77.2 Å². The average Bonchev–Trinajstić information content (AvgIpc) is 1.35. The lowest BCUT2D eigenvalue weighted by Crippen LogP contribution is -2.20. The summed E-state index contributed by atoms with van der Waals surface area (Å²) in [6.07, 6.45) is -19.1. The van der Waals surface area contributed by atoms with Crippen LogP contribution >= 0.6 is 0 Å². The van der Waals surface area contributed by atoms with Crippen molar-refractivity contribution >= 4 is 35.0 Å². The Morgan fingerprint density at radius 2 is 0.873 bits per heavy atom. The summed E-state index contributed by atoms with van der Waals surface area (Å²) in [5.74, 6) is -22.5. The van der Waals surface area contributed by atoms with E-state index in [9.17, 15) is 80.6 Å². The number of nitrogens with zero attached hydrogens (tertiary/aromatic N) is 2. The molecule has 79 heavy (non-hydrogen) atoms. The molecular formula is C47H33F15N6O11. The predicted octanol–water partition coefficient (Wildman–Crippen LogP) is 11.3. The number of anilines is 2. The molecule has 17 nitrogen and oxygen atoms in total. The summed E-state index contributed by atoms with van der Waals surface area (Å²) in [4.78, 5) is 56.9. The molecule has 0 atom stereocenters. The second-order valence-electron chi connectivity index (χ2n) is 15.1. The van der Waals surface area contributed by atoms with E-state index in [-0.39, 0.29) is 40.0 Å². The molecule has 4 amide bonds. The second kappa shape index (κ2) is 23.5. The Morgan fingerprint density at radius 3 is 1.24 bits per heavy atom. The molecule has 2 heterocycles. The number of benzene rings is 4. The molecule has 0 bridgehead atoms. The number of amides is 4. The molecule has 4 aromatic carbocycles. The Hall–Kier alpha value is -9.39. The summed E-state index contributed by atoms with van der Waals surface area (Å²) in [5.41, 5.74) is 3.69. The van der Waals surface area contributed by atoms with Gasteiger partial charge in [-0.05, 0) is 85.6 Å². The fourth-order valence-corrected chi connectivity index (χ4v) is 6.37. The number of primary amides is 2. The van der Waals surface area contributed by atoms with E-state index in [1.54, 1.807) is 0 Å². The van der Waals surface area contributed by atoms with E-state index in [2.05, 4.69) is 39.5 Å². The largest absolute Gasteiger partial charge is 0.573 e. The maximum Gasteiger partial charge on any atom is 0.573 e. The number of halogens is 15. The van der Waals surface area contributed by atoms with Crippen molar-refractivity contribution in [1.29, 1.82) is 0 Å². The highest BCUT2D eigenvalue weighted by Gasteiger charge is 2.41. The molecule has 422 valence electrons. The molecule has 32 heteroatoms. The molecule has 2 aromatic heterocycles. The summed E-state index contributed by atoms with van der Waals surface area (Å²) >= 11 is 0. The smallest absolute Gasteiger partial charge is 0.495 e. The Balaban J connectivity index is 0.000000311. The number of rotatable bonds is 15. The minimum absolute atomic E-state index is 0.131. The predicted molar refractivity (Wildman–Crippen MR) is 240 cm³/mol. The van der Waals surface area contributed by atoms with Crippen molar-refractivity contribution in [3.8, 4) is 51.7 Å². The van der Waals surface area contributed by atoms with Crippen molar-refractivity contribution < 1.29 is 126 Å². The van der Waals surface area contributed by atoms with Gasteiger partial charge in [-0.1, -0.05) is 0 Å². The topological polar surface area (TPSA) is 235 Å². The van der Waals surface area contributed by atoms with Crippen molar-refractivity contribution in [3.63, 3.8) is 0 Å². The molecule has 6 rings (SSSR count). The number of nitrogens with two attached hydrogens (primary N) is 2. The van der Waals surface area contributed by atoms with Gasteiger partial charge in [0.1, 0.15) is 39.8 Å². The molecule has 0 aliphatic heterocycles.